The summed E-state index contributed by atoms with van der Waals surface area (Å²) in [5.74, 6) is -0.618. The molecular formula is C28H24F2N6O. The van der Waals surface area contributed by atoms with Crippen LogP contribution in [0.5, 0.6) is 0 Å². The molecule has 7 nitrogen and oxygen atoms in total. The first-order chi connectivity index (χ1) is 18.0. The molecule has 1 aliphatic heterocycles. The monoisotopic (exact) mass is 498 g/mol. The maximum atomic E-state index is 14.3. The molecule has 1 amide bonds. The molecule has 1 saturated heterocycles. The number of hydrogen-bond donors (Lipinski definition) is 0. The van der Waals surface area contributed by atoms with Gasteiger partial charge in [0.25, 0.3) is 5.91 Å². The first-order valence-corrected chi connectivity index (χ1v) is 12.2. The third kappa shape index (κ3) is 4.16. The fourth-order valence-corrected chi connectivity index (χ4v) is 4.90. The highest BCUT2D eigenvalue weighted by Gasteiger charge is 2.26. The van der Waals surface area contributed by atoms with E-state index >= 15 is 0 Å². The van der Waals surface area contributed by atoms with E-state index in [1.165, 1.54) is 6.07 Å². The molecule has 2 aromatic heterocycles. The standard InChI is InChI=1S/C28H24F2N6O/c1-18-6-4-7-19(16-18)25-32-33-26-22-8-2-3-9-24(22)31-28(36(25)26)35-13-5-12-34(14-15-35)27(37)21-11-10-20(29)17-23(21)30/h2-4,6-11,16-17H,5,12-15H2,1H3. The summed E-state index contributed by atoms with van der Waals surface area (Å²) in [6, 6.07) is 19.0. The van der Waals surface area contributed by atoms with Crippen LogP contribution in [0.25, 0.3) is 27.9 Å². The number of carbonyl (C=O) groups is 1. The molecule has 5 aromatic rings. The van der Waals surface area contributed by atoms with Crippen molar-refractivity contribution in [2.75, 3.05) is 31.1 Å². The number of rotatable bonds is 3. The van der Waals surface area contributed by atoms with E-state index in [1.807, 2.05) is 53.8 Å². The topological polar surface area (TPSA) is 66.6 Å². The smallest absolute Gasteiger partial charge is 0.256 e. The van der Waals surface area contributed by atoms with Gasteiger partial charge in [-0.05, 0) is 43.7 Å². The molecule has 6 rings (SSSR count). The van der Waals surface area contributed by atoms with Gasteiger partial charge in [0.2, 0.25) is 5.95 Å². The molecule has 0 saturated carbocycles. The summed E-state index contributed by atoms with van der Waals surface area (Å²) in [5, 5.41) is 9.98. The maximum Gasteiger partial charge on any atom is 0.256 e. The van der Waals surface area contributed by atoms with Crippen LogP contribution in [0.3, 0.4) is 0 Å². The van der Waals surface area contributed by atoms with Gasteiger partial charge in [-0.15, -0.1) is 10.2 Å². The van der Waals surface area contributed by atoms with Crippen molar-refractivity contribution in [3.8, 4) is 11.4 Å². The summed E-state index contributed by atoms with van der Waals surface area (Å²) in [5.41, 5.74) is 3.44. The van der Waals surface area contributed by atoms with Crippen LogP contribution in [0.4, 0.5) is 14.7 Å². The Morgan fingerprint density at radius 3 is 2.59 bits per heavy atom. The second-order valence-electron chi connectivity index (χ2n) is 9.24. The van der Waals surface area contributed by atoms with Crippen LogP contribution in [0.1, 0.15) is 22.3 Å². The number of nitrogens with zero attached hydrogens (tertiary/aromatic N) is 6. The molecule has 37 heavy (non-hydrogen) atoms. The minimum absolute atomic E-state index is 0.124. The van der Waals surface area contributed by atoms with E-state index in [0.29, 0.717) is 50.0 Å². The molecule has 0 atom stereocenters. The second-order valence-corrected chi connectivity index (χ2v) is 9.24. The predicted octanol–water partition coefficient (Wildman–Crippen LogP) is 4.88. The summed E-state index contributed by atoms with van der Waals surface area (Å²) in [7, 11) is 0. The largest absolute Gasteiger partial charge is 0.340 e. The van der Waals surface area contributed by atoms with Crippen LogP contribution in [0, 0.1) is 18.6 Å². The van der Waals surface area contributed by atoms with Crippen LogP contribution in [0.2, 0.25) is 0 Å². The van der Waals surface area contributed by atoms with Gasteiger partial charge >= 0.3 is 0 Å². The van der Waals surface area contributed by atoms with Crippen molar-refractivity contribution in [1.82, 2.24) is 24.5 Å². The van der Waals surface area contributed by atoms with Crippen molar-refractivity contribution in [2.24, 2.45) is 0 Å². The predicted molar refractivity (Wildman–Crippen MR) is 138 cm³/mol. The van der Waals surface area contributed by atoms with Crippen molar-refractivity contribution in [3.05, 3.63) is 89.5 Å². The Morgan fingerprint density at radius 1 is 0.892 bits per heavy atom. The number of anilines is 1. The zero-order chi connectivity index (χ0) is 25.5. The molecule has 1 aliphatic rings. The van der Waals surface area contributed by atoms with E-state index < -0.39 is 17.5 Å². The molecule has 0 spiro atoms. The molecule has 9 heteroatoms. The number of carbonyl (C=O) groups excluding carboxylic acids is 1. The van der Waals surface area contributed by atoms with Gasteiger partial charge in [-0.2, -0.15) is 0 Å². The zero-order valence-electron chi connectivity index (χ0n) is 20.2. The molecule has 0 bridgehead atoms. The van der Waals surface area contributed by atoms with Gasteiger partial charge in [-0.1, -0.05) is 35.9 Å². The lowest BCUT2D eigenvalue weighted by Gasteiger charge is -2.24. The maximum absolute atomic E-state index is 14.3. The summed E-state index contributed by atoms with van der Waals surface area (Å²) >= 11 is 0. The van der Waals surface area contributed by atoms with Gasteiger partial charge in [-0.3, -0.25) is 4.79 Å². The Balaban J connectivity index is 1.40. The molecule has 1 fully saturated rings. The molecule has 186 valence electrons. The minimum Gasteiger partial charge on any atom is -0.340 e. The normalized spacial score (nSPS) is 14.4. The Labute approximate surface area is 212 Å². The van der Waals surface area contributed by atoms with Gasteiger partial charge in [0.1, 0.15) is 11.6 Å². The van der Waals surface area contributed by atoms with E-state index in [-0.39, 0.29) is 5.56 Å². The molecule has 0 aliphatic carbocycles. The number of hydrogen-bond acceptors (Lipinski definition) is 5. The van der Waals surface area contributed by atoms with E-state index in [0.717, 1.165) is 34.2 Å². The van der Waals surface area contributed by atoms with E-state index in [4.69, 9.17) is 4.98 Å². The minimum atomic E-state index is -0.851. The second kappa shape index (κ2) is 9.24. The summed E-state index contributed by atoms with van der Waals surface area (Å²) in [6.07, 6.45) is 0.659. The number of halogens is 2. The highest BCUT2D eigenvalue weighted by molar-refractivity contribution is 5.95. The number of benzene rings is 3. The quantitative estimate of drug-likeness (QED) is 0.355. The lowest BCUT2D eigenvalue weighted by atomic mass is 10.1. The van der Waals surface area contributed by atoms with Gasteiger partial charge < -0.3 is 9.80 Å². The lowest BCUT2D eigenvalue weighted by molar-refractivity contribution is 0.0762. The number of para-hydroxylation sites is 1. The Bertz CT molecular complexity index is 1650. The molecule has 0 unspecified atom stereocenters. The number of amides is 1. The summed E-state index contributed by atoms with van der Waals surface area (Å²) < 4.78 is 29.6. The fraction of sp³-hybridized carbons (Fsp3) is 0.214. The van der Waals surface area contributed by atoms with E-state index in [9.17, 15) is 13.6 Å². The Kier molecular flexibility index (Phi) is 5.75. The average molecular weight is 499 g/mol. The van der Waals surface area contributed by atoms with Gasteiger partial charge in [0, 0.05) is 43.2 Å². The van der Waals surface area contributed by atoms with Crippen LogP contribution < -0.4 is 4.90 Å². The highest BCUT2D eigenvalue weighted by Crippen LogP contribution is 2.29. The van der Waals surface area contributed by atoms with Crippen LogP contribution >= 0.6 is 0 Å². The Hall–Kier alpha value is -4.40. The van der Waals surface area contributed by atoms with Crippen LogP contribution in [-0.2, 0) is 0 Å². The lowest BCUT2D eigenvalue weighted by Crippen LogP contribution is -2.36. The number of fused-ring (bicyclic) bond motifs is 3. The Morgan fingerprint density at radius 2 is 1.76 bits per heavy atom. The summed E-state index contributed by atoms with van der Waals surface area (Å²) in [6.45, 7) is 3.98. The van der Waals surface area contributed by atoms with Gasteiger partial charge in [0.15, 0.2) is 11.5 Å². The molecule has 0 radical (unpaired) electrons. The molecular weight excluding hydrogens is 474 g/mol. The van der Waals surface area contributed by atoms with E-state index in [2.05, 4.69) is 21.2 Å². The van der Waals surface area contributed by atoms with Crippen molar-refractivity contribution in [2.45, 2.75) is 13.3 Å². The molecule has 3 heterocycles. The third-order valence-corrected chi connectivity index (χ3v) is 6.73. The van der Waals surface area contributed by atoms with Gasteiger partial charge in [0.05, 0.1) is 11.1 Å². The first kappa shape index (κ1) is 23.0. The number of aryl methyl sites for hydroxylation is 1. The van der Waals surface area contributed by atoms with Crippen molar-refractivity contribution in [3.63, 3.8) is 0 Å². The van der Waals surface area contributed by atoms with Crippen molar-refractivity contribution >= 4 is 28.4 Å². The van der Waals surface area contributed by atoms with E-state index in [1.54, 1.807) is 4.90 Å². The van der Waals surface area contributed by atoms with Crippen molar-refractivity contribution in [1.29, 1.82) is 0 Å². The third-order valence-electron chi connectivity index (χ3n) is 6.73. The van der Waals surface area contributed by atoms with Crippen molar-refractivity contribution < 1.29 is 13.6 Å². The fourth-order valence-electron chi connectivity index (χ4n) is 4.90. The SMILES string of the molecule is Cc1cccc(-c2nnc3c4ccccc4nc(N4CCCN(C(=O)c5ccc(F)cc5F)CC4)n23)c1. The highest BCUT2D eigenvalue weighted by atomic mass is 19.1. The summed E-state index contributed by atoms with van der Waals surface area (Å²) in [4.78, 5) is 21.8. The van der Waals surface area contributed by atoms with Crippen LogP contribution in [-0.4, -0.2) is 56.6 Å². The first-order valence-electron chi connectivity index (χ1n) is 12.2. The zero-order valence-corrected chi connectivity index (χ0v) is 20.2. The van der Waals surface area contributed by atoms with Crippen LogP contribution in [0.15, 0.2) is 66.7 Å². The molecule has 3 aromatic carbocycles. The van der Waals surface area contributed by atoms with Gasteiger partial charge in [-0.25, -0.2) is 18.2 Å². The average Bonchev–Trinajstić information content (AvgIpc) is 3.19. The number of aromatic nitrogens is 4. The molecule has 0 N–H and O–H groups in total.